The number of aliphatic hydroxyl groups excluding tert-OH is 1. The van der Waals surface area contributed by atoms with E-state index in [0.717, 1.165) is 46.7 Å². The Hall–Kier alpha value is -2.30. The molecule has 2 aromatic carbocycles. The molecule has 1 atom stereocenters. The van der Waals surface area contributed by atoms with Crippen LogP contribution in [0.25, 0.3) is 6.08 Å². The molecule has 130 valence electrons. The van der Waals surface area contributed by atoms with Crippen LogP contribution in [0.2, 0.25) is 0 Å². The predicted octanol–water partition coefficient (Wildman–Crippen LogP) is 3.42. The lowest BCUT2D eigenvalue weighted by molar-refractivity contribution is 0.174. The average molecular weight is 337 g/mol. The van der Waals surface area contributed by atoms with Gasteiger partial charge in [-0.05, 0) is 65.8 Å². The number of rotatable bonds is 3. The quantitative estimate of drug-likeness (QED) is 0.901. The van der Waals surface area contributed by atoms with Crippen molar-refractivity contribution in [3.63, 3.8) is 0 Å². The highest BCUT2D eigenvalue weighted by Crippen LogP contribution is 2.35. The summed E-state index contributed by atoms with van der Waals surface area (Å²) < 4.78 is 10.9. The SMILES string of the molecule is Cc1cc2c(cc1/C=C/C1NCCc3cc(C)c(CO)cc31)OCO2. The summed E-state index contributed by atoms with van der Waals surface area (Å²) in [6.45, 7) is 5.48. The van der Waals surface area contributed by atoms with E-state index in [1.807, 2.05) is 12.1 Å². The number of aryl methyl sites for hydroxylation is 2. The zero-order valence-electron chi connectivity index (χ0n) is 14.6. The second kappa shape index (κ2) is 6.54. The third-order valence-corrected chi connectivity index (χ3v) is 5.09. The zero-order valence-corrected chi connectivity index (χ0v) is 14.6. The predicted molar refractivity (Wildman–Crippen MR) is 97.9 cm³/mol. The maximum Gasteiger partial charge on any atom is 0.231 e. The number of aliphatic hydroxyl groups is 1. The first kappa shape index (κ1) is 16.2. The second-order valence-corrected chi connectivity index (χ2v) is 6.74. The maximum atomic E-state index is 9.58. The van der Waals surface area contributed by atoms with Gasteiger partial charge >= 0.3 is 0 Å². The van der Waals surface area contributed by atoms with E-state index in [2.05, 4.69) is 43.4 Å². The number of hydrogen-bond acceptors (Lipinski definition) is 4. The van der Waals surface area contributed by atoms with Crippen LogP contribution in [0.3, 0.4) is 0 Å². The number of ether oxygens (including phenoxy) is 2. The standard InChI is InChI=1S/C21H23NO3/c1-13-7-16-5-6-22-19(18(16)9-17(13)11-23)4-3-15-10-21-20(8-14(15)2)24-12-25-21/h3-4,7-10,19,22-23H,5-6,11-12H2,1-2H3/b4-3+. The molecule has 1 unspecified atom stereocenters. The molecule has 0 aliphatic carbocycles. The first-order valence-corrected chi connectivity index (χ1v) is 8.70. The molecule has 4 rings (SSSR count). The van der Waals surface area contributed by atoms with Gasteiger partial charge in [0.15, 0.2) is 11.5 Å². The van der Waals surface area contributed by atoms with Crippen molar-refractivity contribution in [3.05, 3.63) is 63.7 Å². The number of benzene rings is 2. The summed E-state index contributed by atoms with van der Waals surface area (Å²) in [5.41, 5.74) is 7.09. The summed E-state index contributed by atoms with van der Waals surface area (Å²) in [7, 11) is 0. The van der Waals surface area contributed by atoms with Crippen molar-refractivity contribution >= 4 is 6.08 Å². The molecule has 0 saturated heterocycles. The van der Waals surface area contributed by atoms with Gasteiger partial charge in [0.05, 0.1) is 12.6 Å². The van der Waals surface area contributed by atoms with Crippen molar-refractivity contribution in [2.75, 3.05) is 13.3 Å². The van der Waals surface area contributed by atoms with E-state index in [-0.39, 0.29) is 12.6 Å². The van der Waals surface area contributed by atoms with Gasteiger partial charge in [0, 0.05) is 6.54 Å². The van der Waals surface area contributed by atoms with Crippen LogP contribution in [0.15, 0.2) is 30.3 Å². The normalized spacial score (nSPS) is 18.6. The molecular formula is C21H23NO3. The van der Waals surface area contributed by atoms with Crippen LogP contribution in [-0.2, 0) is 13.0 Å². The zero-order chi connectivity index (χ0) is 17.4. The van der Waals surface area contributed by atoms with E-state index >= 15 is 0 Å². The average Bonchev–Trinajstić information content (AvgIpc) is 3.06. The fourth-order valence-electron chi connectivity index (χ4n) is 3.59. The van der Waals surface area contributed by atoms with Crippen LogP contribution < -0.4 is 14.8 Å². The van der Waals surface area contributed by atoms with Crippen molar-refractivity contribution in [3.8, 4) is 11.5 Å². The van der Waals surface area contributed by atoms with Gasteiger partial charge in [-0.3, -0.25) is 0 Å². The Labute approximate surface area is 148 Å². The third-order valence-electron chi connectivity index (χ3n) is 5.09. The number of fused-ring (bicyclic) bond motifs is 2. The molecule has 2 heterocycles. The van der Waals surface area contributed by atoms with E-state index in [1.54, 1.807) is 0 Å². The third kappa shape index (κ3) is 3.03. The van der Waals surface area contributed by atoms with Gasteiger partial charge in [0.1, 0.15) is 0 Å². The van der Waals surface area contributed by atoms with Gasteiger partial charge < -0.3 is 19.9 Å². The molecule has 0 fully saturated rings. The lowest BCUT2D eigenvalue weighted by Crippen LogP contribution is -2.28. The monoisotopic (exact) mass is 337 g/mol. The second-order valence-electron chi connectivity index (χ2n) is 6.74. The van der Waals surface area contributed by atoms with Crippen LogP contribution in [0.1, 0.15) is 39.4 Å². The van der Waals surface area contributed by atoms with Crippen LogP contribution in [0.5, 0.6) is 11.5 Å². The van der Waals surface area contributed by atoms with Gasteiger partial charge in [0.25, 0.3) is 0 Å². The maximum absolute atomic E-state index is 9.58. The van der Waals surface area contributed by atoms with Gasteiger partial charge in [-0.25, -0.2) is 0 Å². The molecule has 0 spiro atoms. The summed E-state index contributed by atoms with van der Waals surface area (Å²) >= 11 is 0. The summed E-state index contributed by atoms with van der Waals surface area (Å²) in [4.78, 5) is 0. The van der Waals surface area contributed by atoms with E-state index in [1.165, 1.54) is 11.1 Å². The molecule has 2 aliphatic heterocycles. The van der Waals surface area contributed by atoms with Crippen LogP contribution in [-0.4, -0.2) is 18.4 Å². The van der Waals surface area contributed by atoms with Gasteiger partial charge in [-0.15, -0.1) is 0 Å². The Balaban J connectivity index is 1.65. The summed E-state index contributed by atoms with van der Waals surface area (Å²) in [5, 5.41) is 13.1. The Morgan fingerprint density at radius 3 is 2.72 bits per heavy atom. The highest BCUT2D eigenvalue weighted by Gasteiger charge is 2.19. The summed E-state index contributed by atoms with van der Waals surface area (Å²) in [6.07, 6.45) is 5.36. The van der Waals surface area contributed by atoms with Gasteiger partial charge in [0.2, 0.25) is 6.79 Å². The van der Waals surface area contributed by atoms with Gasteiger partial charge in [-0.1, -0.05) is 24.3 Å². The summed E-state index contributed by atoms with van der Waals surface area (Å²) in [6, 6.07) is 8.57. The summed E-state index contributed by atoms with van der Waals surface area (Å²) in [5.74, 6) is 1.62. The molecule has 2 N–H and O–H groups in total. The van der Waals surface area contributed by atoms with Crippen LogP contribution >= 0.6 is 0 Å². The highest BCUT2D eigenvalue weighted by molar-refractivity contribution is 5.61. The van der Waals surface area contributed by atoms with Crippen LogP contribution in [0.4, 0.5) is 0 Å². The molecule has 25 heavy (non-hydrogen) atoms. The minimum atomic E-state index is 0.0802. The van der Waals surface area contributed by atoms with Crippen LogP contribution in [0, 0.1) is 13.8 Å². The fraction of sp³-hybridized carbons (Fsp3) is 0.333. The lowest BCUT2D eigenvalue weighted by Gasteiger charge is -2.26. The molecule has 4 nitrogen and oxygen atoms in total. The Kier molecular flexibility index (Phi) is 4.24. The van der Waals surface area contributed by atoms with Crippen molar-refractivity contribution in [2.24, 2.45) is 0 Å². The number of nitrogens with one attached hydrogen (secondary N) is 1. The largest absolute Gasteiger partial charge is 0.454 e. The Morgan fingerprint density at radius 1 is 1.12 bits per heavy atom. The van der Waals surface area contributed by atoms with Crippen molar-refractivity contribution in [1.82, 2.24) is 5.32 Å². The number of hydrogen-bond donors (Lipinski definition) is 2. The van der Waals surface area contributed by atoms with E-state index < -0.39 is 0 Å². The Morgan fingerprint density at radius 2 is 1.92 bits per heavy atom. The Bertz CT molecular complexity index is 842. The first-order valence-electron chi connectivity index (χ1n) is 8.70. The smallest absolute Gasteiger partial charge is 0.231 e. The van der Waals surface area contributed by atoms with Gasteiger partial charge in [-0.2, -0.15) is 0 Å². The minimum Gasteiger partial charge on any atom is -0.454 e. The molecule has 0 saturated carbocycles. The molecule has 0 amide bonds. The molecule has 2 aromatic rings. The molecule has 2 aliphatic rings. The lowest BCUT2D eigenvalue weighted by atomic mass is 9.89. The highest BCUT2D eigenvalue weighted by atomic mass is 16.7. The topological polar surface area (TPSA) is 50.7 Å². The first-order chi connectivity index (χ1) is 12.2. The minimum absolute atomic E-state index is 0.0802. The molecule has 4 heteroatoms. The van der Waals surface area contributed by atoms with Crippen molar-refractivity contribution in [1.29, 1.82) is 0 Å². The molecular weight excluding hydrogens is 314 g/mol. The van der Waals surface area contributed by atoms with E-state index in [9.17, 15) is 5.11 Å². The molecule has 0 aromatic heterocycles. The van der Waals surface area contributed by atoms with E-state index in [4.69, 9.17) is 9.47 Å². The van der Waals surface area contributed by atoms with Crippen molar-refractivity contribution in [2.45, 2.75) is 32.9 Å². The van der Waals surface area contributed by atoms with E-state index in [0.29, 0.717) is 6.79 Å². The molecule has 0 bridgehead atoms. The van der Waals surface area contributed by atoms with Crippen molar-refractivity contribution < 1.29 is 14.6 Å². The fourth-order valence-corrected chi connectivity index (χ4v) is 3.59. The molecule has 0 radical (unpaired) electrons.